The molecule has 1 N–H and O–H groups in total. The van der Waals surface area contributed by atoms with Crippen LogP contribution in [0.5, 0.6) is 0 Å². The highest BCUT2D eigenvalue weighted by Crippen LogP contribution is 2.10. The first-order valence-electron chi connectivity index (χ1n) is 6.35. The number of hydrogen-bond donors (Lipinski definition) is 1. The molecule has 1 fully saturated rings. The second kappa shape index (κ2) is 6.22. The van der Waals surface area contributed by atoms with Crippen LogP contribution in [0.25, 0.3) is 0 Å². The number of nitrogens with one attached hydrogen (secondary N) is 1. The van der Waals surface area contributed by atoms with Gasteiger partial charge in [0.05, 0.1) is 13.5 Å². The Morgan fingerprint density at radius 1 is 1.37 bits per heavy atom. The van der Waals surface area contributed by atoms with Crippen LogP contribution in [-0.4, -0.2) is 43.1 Å². The fourth-order valence-electron chi connectivity index (χ4n) is 2.23. The Labute approximate surface area is 112 Å². The van der Waals surface area contributed by atoms with Crippen LogP contribution in [0.2, 0.25) is 0 Å². The summed E-state index contributed by atoms with van der Waals surface area (Å²) in [5, 5.41) is 2.95. The molecule has 0 spiro atoms. The maximum atomic E-state index is 11.9. The summed E-state index contributed by atoms with van der Waals surface area (Å²) >= 11 is 0. The van der Waals surface area contributed by atoms with Crippen LogP contribution >= 0.6 is 0 Å². The molecule has 19 heavy (non-hydrogen) atoms. The van der Waals surface area contributed by atoms with Gasteiger partial charge < -0.3 is 15.0 Å². The van der Waals surface area contributed by atoms with Crippen molar-refractivity contribution in [3.8, 4) is 0 Å². The summed E-state index contributed by atoms with van der Waals surface area (Å²) in [6.45, 7) is 1.15. The van der Waals surface area contributed by atoms with Gasteiger partial charge in [0.25, 0.3) is 0 Å². The molecule has 2 amide bonds. The predicted molar refractivity (Wildman–Crippen MR) is 70.7 cm³/mol. The summed E-state index contributed by atoms with van der Waals surface area (Å²) in [5.74, 6) is -0.0112. The number of rotatable bonds is 3. The Balaban J connectivity index is 1.79. The second-order valence-electron chi connectivity index (χ2n) is 4.63. The lowest BCUT2D eigenvalue weighted by Crippen LogP contribution is -2.39. The van der Waals surface area contributed by atoms with Gasteiger partial charge in [0, 0.05) is 19.1 Å². The summed E-state index contributed by atoms with van der Waals surface area (Å²) in [5.41, 5.74) is 0.989. The molecular weight excluding hydrogens is 244 g/mol. The van der Waals surface area contributed by atoms with Crippen molar-refractivity contribution >= 4 is 12.0 Å². The number of methoxy groups -OCH3 is 1. The van der Waals surface area contributed by atoms with Gasteiger partial charge in [-0.15, -0.1) is 0 Å². The molecule has 1 atom stereocenters. The minimum absolute atomic E-state index is 0.0112. The van der Waals surface area contributed by atoms with Crippen LogP contribution in [0.15, 0.2) is 30.3 Å². The fraction of sp³-hybridized carbons (Fsp3) is 0.429. The van der Waals surface area contributed by atoms with Gasteiger partial charge >= 0.3 is 6.09 Å². The Bertz CT molecular complexity index is 447. The topological polar surface area (TPSA) is 58.6 Å². The van der Waals surface area contributed by atoms with Gasteiger partial charge in [0.1, 0.15) is 0 Å². The predicted octanol–water partition coefficient (Wildman–Crippen LogP) is 1.19. The molecule has 0 bridgehead atoms. The molecule has 5 heteroatoms. The molecule has 1 heterocycles. The molecule has 1 aliphatic rings. The molecule has 1 aromatic rings. The van der Waals surface area contributed by atoms with Gasteiger partial charge in [0.2, 0.25) is 5.91 Å². The average molecular weight is 262 g/mol. The number of hydrogen-bond acceptors (Lipinski definition) is 3. The summed E-state index contributed by atoms with van der Waals surface area (Å²) in [6.07, 6.45) is 0.811. The van der Waals surface area contributed by atoms with E-state index in [-0.39, 0.29) is 18.0 Å². The summed E-state index contributed by atoms with van der Waals surface area (Å²) in [6, 6.07) is 9.63. The number of ether oxygens (including phenoxy) is 1. The SMILES string of the molecule is COC(=O)N1CCC(NC(=O)Cc2ccccc2)C1. The third kappa shape index (κ3) is 3.71. The van der Waals surface area contributed by atoms with Crippen LogP contribution in [0.1, 0.15) is 12.0 Å². The second-order valence-corrected chi connectivity index (χ2v) is 4.63. The van der Waals surface area contributed by atoms with Crippen molar-refractivity contribution in [2.24, 2.45) is 0 Å². The van der Waals surface area contributed by atoms with Gasteiger partial charge in [-0.3, -0.25) is 4.79 Å². The van der Waals surface area contributed by atoms with E-state index < -0.39 is 0 Å². The average Bonchev–Trinajstić information content (AvgIpc) is 2.87. The monoisotopic (exact) mass is 262 g/mol. The minimum atomic E-state index is -0.334. The van der Waals surface area contributed by atoms with Crippen LogP contribution in [0.4, 0.5) is 4.79 Å². The first kappa shape index (κ1) is 13.4. The molecule has 102 valence electrons. The molecule has 1 saturated heterocycles. The van der Waals surface area contributed by atoms with Crippen LogP contribution in [0, 0.1) is 0 Å². The minimum Gasteiger partial charge on any atom is -0.453 e. The lowest BCUT2D eigenvalue weighted by atomic mass is 10.1. The molecule has 5 nitrogen and oxygen atoms in total. The van der Waals surface area contributed by atoms with Crippen LogP contribution in [0.3, 0.4) is 0 Å². The van der Waals surface area contributed by atoms with Gasteiger partial charge in [-0.1, -0.05) is 30.3 Å². The van der Waals surface area contributed by atoms with Crippen molar-refractivity contribution in [1.29, 1.82) is 0 Å². The zero-order chi connectivity index (χ0) is 13.7. The van der Waals surface area contributed by atoms with Crippen molar-refractivity contribution in [2.75, 3.05) is 20.2 Å². The molecule has 1 aliphatic heterocycles. The third-order valence-corrected chi connectivity index (χ3v) is 3.19. The Kier molecular flexibility index (Phi) is 4.39. The van der Waals surface area contributed by atoms with Crippen molar-refractivity contribution in [2.45, 2.75) is 18.9 Å². The molecule has 0 aromatic heterocycles. The smallest absolute Gasteiger partial charge is 0.409 e. The van der Waals surface area contributed by atoms with Gasteiger partial charge in [-0.05, 0) is 12.0 Å². The van der Waals surface area contributed by atoms with E-state index in [9.17, 15) is 9.59 Å². The van der Waals surface area contributed by atoms with E-state index in [0.29, 0.717) is 19.5 Å². The molecule has 0 radical (unpaired) electrons. The standard InChI is InChI=1S/C14H18N2O3/c1-19-14(18)16-8-7-12(10-16)15-13(17)9-11-5-3-2-4-6-11/h2-6,12H,7-10H2,1H3,(H,15,17). The highest BCUT2D eigenvalue weighted by atomic mass is 16.5. The van der Waals surface area contributed by atoms with Crippen molar-refractivity contribution in [3.05, 3.63) is 35.9 Å². The molecule has 0 saturated carbocycles. The largest absolute Gasteiger partial charge is 0.453 e. The maximum Gasteiger partial charge on any atom is 0.409 e. The van der Waals surface area contributed by atoms with Gasteiger partial charge in [-0.25, -0.2) is 4.79 Å². The molecule has 0 aliphatic carbocycles. The van der Waals surface area contributed by atoms with E-state index >= 15 is 0 Å². The van der Waals surface area contributed by atoms with E-state index in [1.54, 1.807) is 4.90 Å². The van der Waals surface area contributed by atoms with E-state index in [0.717, 1.165) is 12.0 Å². The zero-order valence-corrected chi connectivity index (χ0v) is 11.0. The Morgan fingerprint density at radius 2 is 2.11 bits per heavy atom. The Morgan fingerprint density at radius 3 is 2.79 bits per heavy atom. The normalized spacial score (nSPS) is 18.2. The first-order valence-corrected chi connectivity index (χ1v) is 6.35. The number of nitrogens with zero attached hydrogens (tertiary/aromatic N) is 1. The first-order chi connectivity index (χ1) is 9.19. The van der Waals surface area contributed by atoms with Gasteiger partial charge in [-0.2, -0.15) is 0 Å². The summed E-state index contributed by atoms with van der Waals surface area (Å²) in [7, 11) is 1.36. The third-order valence-electron chi connectivity index (χ3n) is 3.19. The molecule has 1 aromatic carbocycles. The van der Waals surface area contributed by atoms with Crippen molar-refractivity contribution in [1.82, 2.24) is 10.2 Å². The summed E-state index contributed by atoms with van der Waals surface area (Å²) in [4.78, 5) is 24.8. The Hall–Kier alpha value is -2.04. The lowest BCUT2D eigenvalue weighted by Gasteiger charge is -2.15. The van der Waals surface area contributed by atoms with Crippen molar-refractivity contribution in [3.63, 3.8) is 0 Å². The fourth-order valence-corrected chi connectivity index (χ4v) is 2.23. The van der Waals surface area contributed by atoms with E-state index in [2.05, 4.69) is 10.1 Å². The van der Waals surface area contributed by atoms with E-state index in [1.165, 1.54) is 7.11 Å². The number of carbonyl (C=O) groups excluding carboxylic acids is 2. The number of likely N-dealkylation sites (tertiary alicyclic amines) is 1. The van der Waals surface area contributed by atoms with E-state index in [4.69, 9.17) is 0 Å². The van der Waals surface area contributed by atoms with Crippen LogP contribution < -0.4 is 5.32 Å². The molecular formula is C14H18N2O3. The zero-order valence-electron chi connectivity index (χ0n) is 11.0. The van der Waals surface area contributed by atoms with E-state index in [1.807, 2.05) is 30.3 Å². The highest BCUT2D eigenvalue weighted by molar-refractivity contribution is 5.79. The quantitative estimate of drug-likeness (QED) is 0.890. The number of amides is 2. The highest BCUT2D eigenvalue weighted by Gasteiger charge is 2.27. The molecule has 1 unspecified atom stereocenters. The number of carbonyl (C=O) groups is 2. The number of benzene rings is 1. The molecule has 2 rings (SSSR count). The maximum absolute atomic E-state index is 11.9. The van der Waals surface area contributed by atoms with Gasteiger partial charge in [0.15, 0.2) is 0 Å². The van der Waals surface area contributed by atoms with Crippen molar-refractivity contribution < 1.29 is 14.3 Å². The van der Waals surface area contributed by atoms with Crippen LogP contribution in [-0.2, 0) is 16.0 Å². The lowest BCUT2D eigenvalue weighted by molar-refractivity contribution is -0.121. The summed E-state index contributed by atoms with van der Waals surface area (Å²) < 4.78 is 4.66.